The molecule has 164 valence electrons. The van der Waals surface area contributed by atoms with E-state index in [1.165, 1.54) is 11.4 Å². The molecule has 0 atom stereocenters. The van der Waals surface area contributed by atoms with Gasteiger partial charge in [0.1, 0.15) is 5.82 Å². The number of aryl methyl sites for hydroxylation is 1. The Labute approximate surface area is 185 Å². The van der Waals surface area contributed by atoms with Crippen molar-refractivity contribution in [1.82, 2.24) is 14.7 Å². The Morgan fingerprint density at radius 2 is 1.65 bits per heavy atom. The van der Waals surface area contributed by atoms with Crippen LogP contribution in [0.5, 0.6) is 0 Å². The number of halogens is 1. The molecule has 0 bridgehead atoms. The van der Waals surface area contributed by atoms with Gasteiger partial charge >= 0.3 is 0 Å². The van der Waals surface area contributed by atoms with Gasteiger partial charge in [0.25, 0.3) is 0 Å². The molecule has 1 aliphatic rings. The van der Waals surface area contributed by atoms with Crippen LogP contribution in [0.1, 0.15) is 31.7 Å². The Balaban J connectivity index is 1.33. The van der Waals surface area contributed by atoms with Gasteiger partial charge in [-0.2, -0.15) is 5.10 Å². The maximum absolute atomic E-state index is 14.1. The van der Waals surface area contributed by atoms with Crippen molar-refractivity contribution >= 4 is 5.69 Å². The molecule has 31 heavy (non-hydrogen) atoms. The fraction of sp³-hybridized carbons (Fsp3) is 0.423. The lowest BCUT2D eigenvalue weighted by molar-refractivity contribution is 0.254. The van der Waals surface area contributed by atoms with Crippen LogP contribution in [-0.2, 0) is 12.8 Å². The van der Waals surface area contributed by atoms with Crippen molar-refractivity contribution < 1.29 is 4.39 Å². The third-order valence-corrected chi connectivity index (χ3v) is 5.92. The Morgan fingerprint density at radius 1 is 0.935 bits per heavy atom. The van der Waals surface area contributed by atoms with Gasteiger partial charge in [-0.15, -0.1) is 0 Å². The first-order chi connectivity index (χ1) is 15.1. The zero-order valence-electron chi connectivity index (χ0n) is 18.7. The summed E-state index contributed by atoms with van der Waals surface area (Å²) in [5.74, 6) is 0.472. The van der Waals surface area contributed by atoms with E-state index in [2.05, 4.69) is 58.7 Å². The molecule has 4 nitrogen and oxygen atoms in total. The summed E-state index contributed by atoms with van der Waals surface area (Å²) in [6, 6.07) is 19.8. The number of anilines is 1. The zero-order valence-corrected chi connectivity index (χ0v) is 18.7. The van der Waals surface area contributed by atoms with Crippen LogP contribution < -0.4 is 4.90 Å². The average Bonchev–Trinajstić information content (AvgIpc) is 3.17. The second kappa shape index (κ2) is 10.1. The number of hydrogen-bond acceptors (Lipinski definition) is 3. The number of aromatic nitrogens is 2. The highest BCUT2D eigenvalue weighted by molar-refractivity contribution is 5.48. The number of benzene rings is 2. The molecule has 1 saturated heterocycles. The van der Waals surface area contributed by atoms with Crippen molar-refractivity contribution in [3.63, 3.8) is 0 Å². The van der Waals surface area contributed by atoms with E-state index in [-0.39, 0.29) is 5.82 Å². The second-order valence-corrected chi connectivity index (χ2v) is 8.86. The minimum absolute atomic E-state index is 0.123. The molecule has 1 aromatic heterocycles. The predicted octanol–water partition coefficient (Wildman–Crippen LogP) is 4.96. The molecule has 1 fully saturated rings. The highest BCUT2D eigenvalue weighted by Crippen LogP contribution is 2.21. The summed E-state index contributed by atoms with van der Waals surface area (Å²) in [6.07, 6.45) is 3.11. The van der Waals surface area contributed by atoms with Crippen molar-refractivity contribution in [1.29, 1.82) is 0 Å². The number of hydrogen-bond donors (Lipinski definition) is 0. The summed E-state index contributed by atoms with van der Waals surface area (Å²) >= 11 is 0. The zero-order chi connectivity index (χ0) is 21.6. The predicted molar refractivity (Wildman–Crippen MR) is 125 cm³/mol. The molecule has 0 radical (unpaired) electrons. The molecule has 5 heteroatoms. The maximum Gasteiger partial charge on any atom is 0.146 e. The average molecular weight is 421 g/mol. The number of nitrogens with zero attached hydrogens (tertiary/aromatic N) is 4. The summed E-state index contributed by atoms with van der Waals surface area (Å²) in [4.78, 5) is 4.66. The summed E-state index contributed by atoms with van der Waals surface area (Å²) < 4.78 is 16.2. The largest absolute Gasteiger partial charge is 0.367 e. The fourth-order valence-corrected chi connectivity index (χ4v) is 4.37. The van der Waals surface area contributed by atoms with Gasteiger partial charge in [0.2, 0.25) is 0 Å². The van der Waals surface area contributed by atoms with Crippen molar-refractivity contribution in [3.8, 4) is 5.69 Å². The minimum Gasteiger partial charge on any atom is -0.367 e. The molecule has 0 spiro atoms. The van der Waals surface area contributed by atoms with E-state index in [0.29, 0.717) is 5.92 Å². The molecular formula is C26H33FN4. The summed E-state index contributed by atoms with van der Waals surface area (Å²) in [7, 11) is 0. The second-order valence-electron chi connectivity index (χ2n) is 8.86. The molecule has 4 rings (SSSR count). The lowest BCUT2D eigenvalue weighted by Gasteiger charge is -2.36. The molecule has 0 unspecified atom stereocenters. The summed E-state index contributed by atoms with van der Waals surface area (Å²) in [5.41, 5.74) is 4.32. The normalized spacial score (nSPS) is 15.0. The van der Waals surface area contributed by atoms with E-state index in [4.69, 9.17) is 5.10 Å². The first kappa shape index (κ1) is 21.6. The maximum atomic E-state index is 14.1. The Kier molecular flexibility index (Phi) is 7.03. The van der Waals surface area contributed by atoms with Gasteiger partial charge in [-0.05, 0) is 62.1 Å². The number of para-hydroxylation sites is 2. The van der Waals surface area contributed by atoms with Crippen LogP contribution in [-0.4, -0.2) is 47.4 Å². The minimum atomic E-state index is -0.123. The number of piperazine rings is 1. The molecule has 3 aromatic rings. The quantitative estimate of drug-likeness (QED) is 0.515. The third-order valence-electron chi connectivity index (χ3n) is 5.92. The Hall–Kier alpha value is -2.66. The van der Waals surface area contributed by atoms with E-state index in [1.807, 2.05) is 18.2 Å². The van der Waals surface area contributed by atoms with E-state index < -0.39 is 0 Å². The van der Waals surface area contributed by atoms with Crippen LogP contribution in [0.15, 0.2) is 60.7 Å². The fourth-order valence-electron chi connectivity index (χ4n) is 4.37. The standard InChI is InChI=1S/C26H33FN4/c1-21(2)19-22-20-24(31(28-22)23-9-4-3-5-10-23)11-8-14-29-15-17-30(18-16-29)26-13-7-6-12-25(26)27/h3-7,9-10,12-13,20-21H,8,11,14-19H2,1-2H3. The highest BCUT2D eigenvalue weighted by Gasteiger charge is 2.19. The summed E-state index contributed by atoms with van der Waals surface area (Å²) in [5, 5.41) is 4.90. The van der Waals surface area contributed by atoms with Crippen molar-refractivity contribution in [2.75, 3.05) is 37.6 Å². The van der Waals surface area contributed by atoms with E-state index in [1.54, 1.807) is 12.1 Å². The molecule has 2 aromatic carbocycles. The molecule has 1 aliphatic heterocycles. The lowest BCUT2D eigenvalue weighted by Crippen LogP contribution is -2.47. The molecule has 0 saturated carbocycles. The van der Waals surface area contributed by atoms with Gasteiger partial charge in [-0.25, -0.2) is 9.07 Å². The van der Waals surface area contributed by atoms with Crippen molar-refractivity contribution in [2.24, 2.45) is 5.92 Å². The van der Waals surface area contributed by atoms with Gasteiger partial charge in [-0.3, -0.25) is 4.90 Å². The highest BCUT2D eigenvalue weighted by atomic mass is 19.1. The first-order valence-corrected chi connectivity index (χ1v) is 11.4. The Bertz CT molecular complexity index is 959. The van der Waals surface area contributed by atoms with Crippen molar-refractivity contribution in [2.45, 2.75) is 33.1 Å². The molecule has 0 amide bonds. The van der Waals surface area contributed by atoms with Crippen LogP contribution in [0.2, 0.25) is 0 Å². The first-order valence-electron chi connectivity index (χ1n) is 11.4. The number of rotatable bonds is 8. The smallest absolute Gasteiger partial charge is 0.146 e. The monoisotopic (exact) mass is 420 g/mol. The van der Waals surface area contributed by atoms with Gasteiger partial charge in [0.15, 0.2) is 0 Å². The molecule has 0 aliphatic carbocycles. The van der Waals surface area contributed by atoms with E-state index >= 15 is 0 Å². The summed E-state index contributed by atoms with van der Waals surface area (Å²) in [6.45, 7) is 9.24. The molecule has 2 heterocycles. The topological polar surface area (TPSA) is 24.3 Å². The molecule has 0 N–H and O–H groups in total. The third kappa shape index (κ3) is 5.53. The van der Waals surface area contributed by atoms with Crippen LogP contribution in [0.3, 0.4) is 0 Å². The van der Waals surface area contributed by atoms with Gasteiger partial charge < -0.3 is 4.90 Å². The van der Waals surface area contributed by atoms with Crippen LogP contribution >= 0.6 is 0 Å². The van der Waals surface area contributed by atoms with Gasteiger partial charge in [-0.1, -0.05) is 44.2 Å². The van der Waals surface area contributed by atoms with Gasteiger partial charge in [0, 0.05) is 31.9 Å². The van der Waals surface area contributed by atoms with Gasteiger partial charge in [0.05, 0.1) is 17.1 Å². The van der Waals surface area contributed by atoms with Crippen molar-refractivity contribution in [3.05, 3.63) is 77.9 Å². The van der Waals surface area contributed by atoms with E-state index in [9.17, 15) is 4.39 Å². The Morgan fingerprint density at radius 3 is 2.35 bits per heavy atom. The lowest BCUT2D eigenvalue weighted by atomic mass is 10.1. The van der Waals surface area contributed by atoms with Crippen LogP contribution in [0, 0.1) is 11.7 Å². The SMILES string of the molecule is CC(C)Cc1cc(CCCN2CCN(c3ccccc3F)CC2)n(-c2ccccc2)n1. The van der Waals surface area contributed by atoms with E-state index in [0.717, 1.165) is 63.4 Å². The van der Waals surface area contributed by atoms with Crippen LogP contribution in [0.4, 0.5) is 10.1 Å². The molecular weight excluding hydrogens is 387 g/mol. The van der Waals surface area contributed by atoms with Crippen LogP contribution in [0.25, 0.3) is 5.69 Å².